The zero-order valence-electron chi connectivity index (χ0n) is 9.02. The van der Waals surface area contributed by atoms with E-state index in [2.05, 4.69) is 0 Å². The lowest BCUT2D eigenvalue weighted by Crippen LogP contribution is -2.34. The Morgan fingerprint density at radius 2 is 1.94 bits per heavy atom. The van der Waals surface area contributed by atoms with Crippen molar-refractivity contribution >= 4 is 13.5 Å². The molecule has 0 amide bonds. The smallest absolute Gasteiger partial charge is 0.497 e. The number of hydrogen-bond donors (Lipinski definition) is 0. The van der Waals surface area contributed by atoms with Gasteiger partial charge in [0, 0.05) is 6.07 Å². The highest BCUT2D eigenvalue weighted by molar-refractivity contribution is 7.49. The molecule has 0 aromatic heterocycles. The van der Waals surface area contributed by atoms with E-state index in [0.29, 0.717) is 17.2 Å². The molecular formula is C8H9N2O6P. The van der Waals surface area contributed by atoms with E-state index in [1.165, 1.54) is 7.11 Å². The Hall–Kier alpha value is -1.31. The minimum Gasteiger partial charge on any atom is -0.497 e. The fourth-order valence-electron chi connectivity index (χ4n) is 1.47. The summed E-state index contributed by atoms with van der Waals surface area (Å²) in [6, 6.07) is 5.03. The maximum Gasteiger partial charge on any atom is 0.538 e. The molecule has 3 fully saturated rings. The Morgan fingerprint density at radius 3 is 2.47 bits per heavy atom. The Kier molecular flexibility index (Phi) is 2.29. The molecule has 9 heteroatoms. The second kappa shape index (κ2) is 3.59. The van der Waals surface area contributed by atoms with Gasteiger partial charge < -0.3 is 9.47 Å². The molecule has 0 atom stereocenters. The third-order valence-corrected chi connectivity index (χ3v) is 3.29. The molecule has 4 rings (SSSR count). The lowest BCUT2D eigenvalue weighted by molar-refractivity contribution is -0.318. The minimum atomic E-state index is -3.41. The summed E-state index contributed by atoms with van der Waals surface area (Å²) in [5, 5.41) is 1.99. The fourth-order valence-corrected chi connectivity index (χ4v) is 2.36. The maximum atomic E-state index is 11.4. The highest BCUT2D eigenvalue weighted by Crippen LogP contribution is 2.67. The first kappa shape index (κ1) is 10.8. The molecule has 0 N–H and O–H groups in total. The van der Waals surface area contributed by atoms with E-state index in [4.69, 9.17) is 23.3 Å². The maximum absolute atomic E-state index is 11.4. The molecule has 17 heavy (non-hydrogen) atoms. The molecule has 3 heterocycles. The van der Waals surface area contributed by atoms with Gasteiger partial charge >= 0.3 is 7.82 Å². The van der Waals surface area contributed by atoms with E-state index in [-0.39, 0.29) is 0 Å². The van der Waals surface area contributed by atoms with Gasteiger partial charge in [-0.1, -0.05) is 0 Å². The molecule has 8 nitrogen and oxygen atoms in total. The van der Waals surface area contributed by atoms with E-state index < -0.39 is 7.82 Å². The van der Waals surface area contributed by atoms with Gasteiger partial charge in [0.05, 0.1) is 19.6 Å². The zero-order chi connectivity index (χ0) is 12.0. The number of hydrazine groups is 1. The summed E-state index contributed by atoms with van der Waals surface area (Å²) in [6.07, 6.45) is 0. The fraction of sp³-hybridized carbons (Fsp3) is 0.250. The van der Waals surface area contributed by atoms with E-state index >= 15 is 0 Å². The van der Waals surface area contributed by atoms with E-state index in [9.17, 15) is 4.57 Å². The lowest BCUT2D eigenvalue weighted by Gasteiger charge is -2.22. The third kappa shape index (κ3) is 1.58. The van der Waals surface area contributed by atoms with Crippen LogP contribution in [-0.2, 0) is 18.4 Å². The molecule has 3 saturated heterocycles. The average molecular weight is 260 g/mol. The SMILES string of the molecule is COc1ccc(N2OP3(=O)ON2O3)c(OC)c1. The van der Waals surface area contributed by atoms with Gasteiger partial charge in [-0.3, -0.25) is 0 Å². The van der Waals surface area contributed by atoms with Gasteiger partial charge in [-0.15, -0.1) is 19.0 Å². The summed E-state index contributed by atoms with van der Waals surface area (Å²) in [6.45, 7) is 0. The number of phosphoric acid groups is 1. The molecule has 0 unspecified atom stereocenters. The van der Waals surface area contributed by atoms with Crippen LogP contribution < -0.4 is 14.6 Å². The van der Waals surface area contributed by atoms with Crippen molar-refractivity contribution < 1.29 is 27.9 Å². The average Bonchev–Trinajstić information content (AvgIpc) is 2.81. The first-order valence-corrected chi connectivity index (χ1v) is 6.12. The molecule has 3 aliphatic heterocycles. The molecule has 3 aliphatic rings. The minimum absolute atomic E-state index is 0.469. The van der Waals surface area contributed by atoms with E-state index in [1.54, 1.807) is 25.3 Å². The summed E-state index contributed by atoms with van der Waals surface area (Å²) in [4.78, 5) is 0. The van der Waals surface area contributed by atoms with Crippen molar-refractivity contribution in [3.8, 4) is 11.5 Å². The Balaban J connectivity index is 1.95. The van der Waals surface area contributed by atoms with Crippen molar-refractivity contribution in [1.29, 1.82) is 0 Å². The van der Waals surface area contributed by atoms with E-state index in [0.717, 1.165) is 10.5 Å². The number of rotatable bonds is 3. The lowest BCUT2D eigenvalue weighted by atomic mass is 10.3. The van der Waals surface area contributed by atoms with Crippen molar-refractivity contribution in [3.63, 3.8) is 0 Å². The van der Waals surface area contributed by atoms with Gasteiger partial charge in [0.1, 0.15) is 17.2 Å². The van der Waals surface area contributed by atoms with Gasteiger partial charge in [0.25, 0.3) is 0 Å². The molecule has 0 spiro atoms. The second-order valence-electron chi connectivity index (χ2n) is 3.24. The van der Waals surface area contributed by atoms with Crippen LogP contribution in [0.5, 0.6) is 11.5 Å². The van der Waals surface area contributed by atoms with Crippen molar-refractivity contribution in [3.05, 3.63) is 18.2 Å². The molecule has 1 aromatic rings. The topological polar surface area (TPSA) is 69.7 Å². The first-order chi connectivity index (χ1) is 8.15. The van der Waals surface area contributed by atoms with Crippen molar-refractivity contribution in [2.24, 2.45) is 0 Å². The highest BCUT2D eigenvalue weighted by Gasteiger charge is 2.60. The van der Waals surface area contributed by atoms with Crippen LogP contribution in [0.3, 0.4) is 0 Å². The third-order valence-electron chi connectivity index (χ3n) is 2.26. The highest BCUT2D eigenvalue weighted by atomic mass is 31.2. The van der Waals surface area contributed by atoms with Gasteiger partial charge in [-0.05, 0) is 12.1 Å². The Morgan fingerprint density at radius 1 is 1.18 bits per heavy atom. The summed E-state index contributed by atoms with van der Waals surface area (Å²) < 4.78 is 36.1. The van der Waals surface area contributed by atoms with Crippen LogP contribution in [0.15, 0.2) is 18.2 Å². The van der Waals surface area contributed by atoms with Crippen LogP contribution in [0.2, 0.25) is 0 Å². The zero-order valence-corrected chi connectivity index (χ0v) is 9.92. The number of hydrogen-bond acceptors (Lipinski definition) is 8. The van der Waals surface area contributed by atoms with Crippen molar-refractivity contribution in [2.45, 2.75) is 0 Å². The number of benzene rings is 1. The van der Waals surface area contributed by atoms with Crippen molar-refractivity contribution in [1.82, 2.24) is 5.34 Å². The van der Waals surface area contributed by atoms with Crippen LogP contribution in [0.4, 0.5) is 5.69 Å². The molecule has 0 aliphatic carbocycles. The van der Waals surface area contributed by atoms with Crippen molar-refractivity contribution in [2.75, 3.05) is 19.4 Å². The summed E-state index contributed by atoms with van der Waals surface area (Å²) in [5.41, 5.74) is 0.489. The van der Waals surface area contributed by atoms with Crippen LogP contribution in [0.1, 0.15) is 0 Å². The van der Waals surface area contributed by atoms with Gasteiger partial charge in [0.15, 0.2) is 0 Å². The molecule has 0 radical (unpaired) electrons. The first-order valence-electron chi connectivity index (χ1n) is 4.66. The van der Waals surface area contributed by atoms with Crippen LogP contribution in [0.25, 0.3) is 0 Å². The van der Waals surface area contributed by atoms with Gasteiger partial charge in [0.2, 0.25) is 0 Å². The van der Waals surface area contributed by atoms with Crippen LogP contribution >= 0.6 is 7.82 Å². The second-order valence-corrected chi connectivity index (χ2v) is 4.63. The monoisotopic (exact) mass is 260 g/mol. The number of fused-ring (bicyclic) bond motifs is 1. The Bertz CT molecular complexity index is 499. The summed E-state index contributed by atoms with van der Waals surface area (Å²) >= 11 is 0. The molecule has 0 saturated carbocycles. The number of nitrogens with zero attached hydrogens (tertiary/aromatic N) is 2. The van der Waals surface area contributed by atoms with E-state index in [1.807, 2.05) is 0 Å². The normalized spacial score (nSPS) is 30.0. The summed E-state index contributed by atoms with van der Waals surface area (Å²) in [5.74, 6) is 1.09. The molecule has 1 aromatic carbocycles. The molecule has 2 bridgehead atoms. The summed E-state index contributed by atoms with van der Waals surface area (Å²) in [7, 11) is -0.360. The molecular weight excluding hydrogens is 251 g/mol. The molecule has 92 valence electrons. The quantitative estimate of drug-likeness (QED) is 0.760. The predicted molar refractivity (Wildman–Crippen MR) is 54.7 cm³/mol. The standard InChI is InChI=1S/C8H9N2O6P/c1-12-6-3-4-7(8(5-6)13-2)9-10-15-17(11,14-9)16-10/h3-5H,1-2H3. The number of anilines is 1. The predicted octanol–water partition coefficient (Wildman–Crippen LogP) is 1.66. The Labute approximate surface area is 96.6 Å². The van der Waals surface area contributed by atoms with Gasteiger partial charge in [-0.2, -0.15) is 0 Å². The van der Waals surface area contributed by atoms with Crippen LogP contribution in [-0.4, -0.2) is 19.6 Å². The van der Waals surface area contributed by atoms with Gasteiger partial charge in [-0.25, -0.2) is 4.57 Å². The number of methoxy groups -OCH3 is 2. The largest absolute Gasteiger partial charge is 0.538 e. The van der Waals surface area contributed by atoms with Crippen LogP contribution in [0, 0.1) is 0 Å². The number of ether oxygens (including phenoxy) is 2.